The molecule has 2 amide bonds. The number of aliphatic carboxylic acids is 1. The Balaban J connectivity index is 1.67. The first kappa shape index (κ1) is 11.8. The molecule has 0 spiro atoms. The van der Waals surface area contributed by atoms with Crippen molar-refractivity contribution in [2.45, 2.75) is 44.2 Å². The molecular formula is C13H20N2O3. The van der Waals surface area contributed by atoms with E-state index in [0.29, 0.717) is 12.0 Å². The van der Waals surface area contributed by atoms with Crippen LogP contribution in [0.4, 0.5) is 4.79 Å². The lowest BCUT2D eigenvalue weighted by molar-refractivity contribution is -0.144. The van der Waals surface area contributed by atoms with Crippen molar-refractivity contribution in [2.75, 3.05) is 7.05 Å². The minimum absolute atomic E-state index is 0.0960. The van der Waals surface area contributed by atoms with Gasteiger partial charge in [-0.1, -0.05) is 0 Å². The molecule has 4 unspecified atom stereocenters. The molecule has 3 aliphatic carbocycles. The Hall–Kier alpha value is -1.26. The van der Waals surface area contributed by atoms with Gasteiger partial charge >= 0.3 is 12.0 Å². The first-order valence-corrected chi connectivity index (χ1v) is 6.84. The molecule has 2 bridgehead atoms. The average molecular weight is 252 g/mol. The molecule has 3 saturated carbocycles. The van der Waals surface area contributed by atoms with E-state index in [4.69, 9.17) is 0 Å². The smallest absolute Gasteiger partial charge is 0.317 e. The van der Waals surface area contributed by atoms with Crippen LogP contribution in [0.5, 0.6) is 0 Å². The number of carboxylic acids is 1. The minimum atomic E-state index is -0.749. The van der Waals surface area contributed by atoms with E-state index in [9.17, 15) is 14.7 Å². The number of nitrogens with one attached hydrogen (secondary N) is 1. The number of hydrogen-bond acceptors (Lipinski definition) is 2. The van der Waals surface area contributed by atoms with Crippen molar-refractivity contribution in [3.05, 3.63) is 0 Å². The van der Waals surface area contributed by atoms with E-state index in [1.807, 2.05) is 0 Å². The van der Waals surface area contributed by atoms with Crippen LogP contribution in [-0.2, 0) is 4.79 Å². The summed E-state index contributed by atoms with van der Waals surface area (Å²) in [6, 6.07) is 0.114. The number of rotatable bonds is 3. The summed E-state index contributed by atoms with van der Waals surface area (Å²) < 4.78 is 0. The summed E-state index contributed by atoms with van der Waals surface area (Å²) >= 11 is 0. The lowest BCUT2D eigenvalue weighted by Crippen LogP contribution is -2.51. The van der Waals surface area contributed by atoms with Gasteiger partial charge in [0, 0.05) is 19.1 Å². The first-order chi connectivity index (χ1) is 8.58. The summed E-state index contributed by atoms with van der Waals surface area (Å²) in [5.41, 5.74) is 0. The van der Waals surface area contributed by atoms with Gasteiger partial charge < -0.3 is 15.3 Å². The van der Waals surface area contributed by atoms with Crippen LogP contribution >= 0.6 is 0 Å². The molecule has 18 heavy (non-hydrogen) atoms. The molecule has 0 radical (unpaired) electrons. The number of carbonyl (C=O) groups excluding carboxylic acids is 1. The first-order valence-electron chi connectivity index (χ1n) is 6.84. The zero-order valence-corrected chi connectivity index (χ0v) is 10.6. The lowest BCUT2D eigenvalue weighted by Gasteiger charge is -2.30. The SMILES string of the molecule is CN(C(=O)NC1C2CCC(C2)C1C(=O)O)C1CC1. The summed E-state index contributed by atoms with van der Waals surface area (Å²) in [4.78, 5) is 25.1. The van der Waals surface area contributed by atoms with E-state index in [-0.39, 0.29) is 23.9 Å². The van der Waals surface area contributed by atoms with Crippen LogP contribution in [0, 0.1) is 17.8 Å². The van der Waals surface area contributed by atoms with Crippen LogP contribution < -0.4 is 5.32 Å². The third-order valence-electron chi connectivity index (χ3n) is 4.91. The maximum atomic E-state index is 12.0. The third kappa shape index (κ3) is 1.85. The van der Waals surface area contributed by atoms with E-state index in [2.05, 4.69) is 5.32 Å². The zero-order chi connectivity index (χ0) is 12.9. The Morgan fingerprint density at radius 1 is 1.17 bits per heavy atom. The number of carbonyl (C=O) groups is 2. The molecule has 5 nitrogen and oxygen atoms in total. The van der Waals surface area contributed by atoms with Gasteiger partial charge in [0.15, 0.2) is 0 Å². The van der Waals surface area contributed by atoms with E-state index in [0.717, 1.165) is 32.1 Å². The van der Waals surface area contributed by atoms with Gasteiger partial charge in [0.05, 0.1) is 5.92 Å². The Morgan fingerprint density at radius 2 is 1.83 bits per heavy atom. The van der Waals surface area contributed by atoms with E-state index < -0.39 is 5.97 Å². The quantitative estimate of drug-likeness (QED) is 0.795. The van der Waals surface area contributed by atoms with Crippen LogP contribution in [0.2, 0.25) is 0 Å². The van der Waals surface area contributed by atoms with Crippen LogP contribution in [0.25, 0.3) is 0 Å². The number of hydrogen-bond donors (Lipinski definition) is 2. The van der Waals surface area contributed by atoms with Gasteiger partial charge in [-0.2, -0.15) is 0 Å². The number of carboxylic acid groups (broad SMARTS) is 1. The highest BCUT2D eigenvalue weighted by Gasteiger charge is 2.52. The van der Waals surface area contributed by atoms with E-state index in [1.165, 1.54) is 0 Å². The molecule has 4 atom stereocenters. The standard InChI is InChI=1S/C13H20N2O3/c1-15(9-4-5-9)13(18)14-11-8-3-2-7(6-8)10(11)12(16)17/h7-11H,2-6H2,1H3,(H,14,18)(H,16,17). The van der Waals surface area contributed by atoms with Gasteiger partial charge in [-0.3, -0.25) is 4.79 Å². The van der Waals surface area contributed by atoms with Gasteiger partial charge in [-0.25, -0.2) is 4.79 Å². The predicted molar refractivity (Wildman–Crippen MR) is 65.1 cm³/mol. The molecule has 100 valence electrons. The second kappa shape index (κ2) is 4.14. The summed E-state index contributed by atoms with van der Waals surface area (Å²) in [5.74, 6) is -0.487. The summed E-state index contributed by atoms with van der Waals surface area (Å²) in [7, 11) is 1.80. The fraction of sp³-hybridized carbons (Fsp3) is 0.846. The van der Waals surface area contributed by atoms with E-state index in [1.54, 1.807) is 11.9 Å². The van der Waals surface area contributed by atoms with Crippen molar-refractivity contribution in [1.82, 2.24) is 10.2 Å². The Morgan fingerprint density at radius 3 is 2.44 bits per heavy atom. The number of nitrogens with zero attached hydrogens (tertiary/aromatic N) is 1. The highest BCUT2D eigenvalue weighted by Crippen LogP contribution is 2.48. The fourth-order valence-electron chi connectivity index (χ4n) is 3.73. The van der Waals surface area contributed by atoms with Crippen LogP contribution in [0.15, 0.2) is 0 Å². The lowest BCUT2D eigenvalue weighted by atomic mass is 9.84. The van der Waals surface area contributed by atoms with Crippen molar-refractivity contribution >= 4 is 12.0 Å². The normalized spacial score (nSPS) is 37.6. The second-order valence-corrected chi connectivity index (χ2v) is 6.01. The maximum Gasteiger partial charge on any atom is 0.317 e. The number of urea groups is 1. The molecule has 0 saturated heterocycles. The molecule has 0 aromatic rings. The van der Waals surface area contributed by atoms with Crippen molar-refractivity contribution in [3.63, 3.8) is 0 Å². The molecule has 0 aliphatic heterocycles. The average Bonchev–Trinajstić information content (AvgIpc) is 2.99. The van der Waals surface area contributed by atoms with Crippen LogP contribution in [0.1, 0.15) is 32.1 Å². The summed E-state index contributed by atoms with van der Waals surface area (Å²) in [6.07, 6.45) is 5.18. The largest absolute Gasteiger partial charge is 0.481 e. The summed E-state index contributed by atoms with van der Waals surface area (Å²) in [5, 5.41) is 12.3. The van der Waals surface area contributed by atoms with Crippen molar-refractivity contribution < 1.29 is 14.7 Å². The predicted octanol–water partition coefficient (Wildman–Crippen LogP) is 1.29. The Labute approximate surface area is 107 Å². The third-order valence-corrected chi connectivity index (χ3v) is 4.91. The Bertz CT molecular complexity index is 380. The van der Waals surface area contributed by atoms with Gasteiger partial charge in [0.25, 0.3) is 0 Å². The number of amides is 2. The fourth-order valence-corrected chi connectivity index (χ4v) is 3.73. The molecule has 0 heterocycles. The van der Waals surface area contributed by atoms with Crippen molar-refractivity contribution in [1.29, 1.82) is 0 Å². The van der Waals surface area contributed by atoms with Gasteiger partial charge in [0.1, 0.15) is 0 Å². The van der Waals surface area contributed by atoms with Gasteiger partial charge in [-0.05, 0) is 43.9 Å². The molecule has 3 fully saturated rings. The minimum Gasteiger partial charge on any atom is -0.481 e. The van der Waals surface area contributed by atoms with Gasteiger partial charge in [-0.15, -0.1) is 0 Å². The molecular weight excluding hydrogens is 232 g/mol. The van der Waals surface area contributed by atoms with Gasteiger partial charge in [0.2, 0.25) is 0 Å². The molecule has 0 aromatic carbocycles. The van der Waals surface area contributed by atoms with Crippen molar-refractivity contribution in [2.24, 2.45) is 17.8 Å². The molecule has 0 aromatic heterocycles. The molecule has 5 heteroatoms. The highest BCUT2D eigenvalue weighted by atomic mass is 16.4. The molecule has 3 aliphatic rings. The Kier molecular flexibility index (Phi) is 2.72. The molecule has 2 N–H and O–H groups in total. The van der Waals surface area contributed by atoms with Crippen molar-refractivity contribution in [3.8, 4) is 0 Å². The topological polar surface area (TPSA) is 69.6 Å². The maximum absolute atomic E-state index is 12.0. The summed E-state index contributed by atoms with van der Waals surface area (Å²) in [6.45, 7) is 0. The highest BCUT2D eigenvalue weighted by molar-refractivity contribution is 5.78. The molecule has 3 rings (SSSR count). The van der Waals surface area contributed by atoms with Crippen LogP contribution in [0.3, 0.4) is 0 Å². The monoisotopic (exact) mass is 252 g/mol. The second-order valence-electron chi connectivity index (χ2n) is 6.01. The van der Waals surface area contributed by atoms with Crippen LogP contribution in [-0.4, -0.2) is 41.1 Å². The zero-order valence-electron chi connectivity index (χ0n) is 10.6. The van der Waals surface area contributed by atoms with E-state index >= 15 is 0 Å². The number of fused-ring (bicyclic) bond motifs is 2.